The van der Waals surface area contributed by atoms with E-state index in [1.165, 1.54) is 0 Å². The molecule has 1 fully saturated rings. The lowest BCUT2D eigenvalue weighted by atomic mass is 10.1. The number of hydrogen-bond donors (Lipinski definition) is 2. The van der Waals surface area contributed by atoms with Crippen molar-refractivity contribution < 1.29 is 13.9 Å². The van der Waals surface area contributed by atoms with Crippen molar-refractivity contribution >= 4 is 33.2 Å². The van der Waals surface area contributed by atoms with Gasteiger partial charge in [0.05, 0.1) is 36.6 Å². The van der Waals surface area contributed by atoms with E-state index in [4.69, 9.17) is 13.9 Å². The minimum atomic E-state index is -0.0795. The Labute approximate surface area is 189 Å². The molecule has 1 aliphatic rings. The minimum Gasteiger partial charge on any atom is -0.456 e. The molecule has 0 aliphatic carbocycles. The molecule has 1 saturated heterocycles. The number of anilines is 2. The number of fused-ring (bicyclic) bond motifs is 2. The van der Waals surface area contributed by atoms with Gasteiger partial charge in [-0.25, -0.2) is 0 Å². The summed E-state index contributed by atoms with van der Waals surface area (Å²) in [5.74, 6) is 0.635. The van der Waals surface area contributed by atoms with E-state index in [2.05, 4.69) is 27.4 Å². The van der Waals surface area contributed by atoms with Crippen molar-refractivity contribution in [3.8, 4) is 17.4 Å². The molecule has 7 nitrogen and oxygen atoms in total. The van der Waals surface area contributed by atoms with Crippen LogP contribution >= 0.6 is 0 Å². The third kappa shape index (κ3) is 3.52. The van der Waals surface area contributed by atoms with E-state index in [1.54, 1.807) is 12.4 Å². The van der Waals surface area contributed by atoms with E-state index >= 15 is 0 Å². The number of benzene rings is 2. The molecular weight excluding hydrogens is 416 g/mol. The lowest BCUT2D eigenvalue weighted by molar-refractivity contribution is -0.0901. The number of ether oxygens (including phenoxy) is 2. The van der Waals surface area contributed by atoms with Crippen LogP contribution in [0, 0.1) is 11.3 Å². The van der Waals surface area contributed by atoms with Crippen LogP contribution in [0.4, 0.5) is 11.4 Å². The first-order valence-corrected chi connectivity index (χ1v) is 10.7. The second-order valence-electron chi connectivity index (χ2n) is 7.93. The molecule has 1 aliphatic heterocycles. The van der Waals surface area contributed by atoms with Gasteiger partial charge < -0.3 is 24.2 Å². The third-order valence-corrected chi connectivity index (χ3v) is 5.91. The van der Waals surface area contributed by atoms with Gasteiger partial charge in [0.2, 0.25) is 0 Å². The van der Waals surface area contributed by atoms with Gasteiger partial charge in [0.25, 0.3) is 0 Å². The number of furan rings is 1. The Balaban J connectivity index is 1.43. The van der Waals surface area contributed by atoms with Crippen LogP contribution in [0.1, 0.15) is 17.2 Å². The van der Waals surface area contributed by atoms with Gasteiger partial charge in [0.15, 0.2) is 0 Å². The first-order chi connectivity index (χ1) is 16.3. The number of aromatic nitrogens is 2. The monoisotopic (exact) mass is 436 g/mol. The van der Waals surface area contributed by atoms with Gasteiger partial charge >= 0.3 is 0 Å². The molecule has 7 heteroatoms. The fourth-order valence-electron chi connectivity index (χ4n) is 4.27. The first kappa shape index (κ1) is 19.6. The summed E-state index contributed by atoms with van der Waals surface area (Å²) < 4.78 is 17.6. The van der Waals surface area contributed by atoms with E-state index in [9.17, 15) is 5.26 Å². The van der Waals surface area contributed by atoms with Crippen LogP contribution in [-0.2, 0) is 9.47 Å². The van der Waals surface area contributed by atoms with Gasteiger partial charge in [-0.05, 0) is 42.0 Å². The second kappa shape index (κ2) is 8.10. The number of nitriles is 1. The highest BCUT2D eigenvalue weighted by atomic mass is 16.6. The number of pyridine rings is 1. The molecule has 33 heavy (non-hydrogen) atoms. The average Bonchev–Trinajstić information content (AvgIpc) is 3.52. The number of aromatic amines is 1. The maximum atomic E-state index is 9.77. The lowest BCUT2D eigenvalue weighted by Crippen LogP contribution is -2.21. The predicted molar refractivity (Wildman–Crippen MR) is 125 cm³/mol. The molecule has 1 unspecified atom stereocenters. The summed E-state index contributed by atoms with van der Waals surface area (Å²) in [7, 11) is 0. The summed E-state index contributed by atoms with van der Waals surface area (Å²) in [4.78, 5) is 7.50. The van der Waals surface area contributed by atoms with E-state index in [0.717, 1.165) is 38.7 Å². The Morgan fingerprint density at radius 2 is 2.06 bits per heavy atom. The maximum Gasteiger partial charge on any atom is 0.139 e. The molecule has 1 atom stereocenters. The van der Waals surface area contributed by atoms with E-state index in [1.807, 2.05) is 48.7 Å². The topological polar surface area (TPSA) is 96.1 Å². The molecule has 4 heterocycles. The van der Waals surface area contributed by atoms with Crippen molar-refractivity contribution in [3.63, 3.8) is 0 Å². The summed E-state index contributed by atoms with van der Waals surface area (Å²) in [6.07, 6.45) is 5.09. The van der Waals surface area contributed by atoms with Crippen LogP contribution in [0.25, 0.3) is 33.2 Å². The van der Waals surface area contributed by atoms with Crippen molar-refractivity contribution in [2.24, 2.45) is 0 Å². The Kier molecular flexibility index (Phi) is 4.80. The van der Waals surface area contributed by atoms with Gasteiger partial charge in [-0.2, -0.15) is 5.26 Å². The number of hydrogen-bond acceptors (Lipinski definition) is 6. The van der Waals surface area contributed by atoms with Crippen LogP contribution in [0.15, 0.2) is 71.5 Å². The number of rotatable bonds is 4. The van der Waals surface area contributed by atoms with Crippen molar-refractivity contribution in [2.45, 2.75) is 6.10 Å². The summed E-state index contributed by atoms with van der Waals surface area (Å²) >= 11 is 0. The summed E-state index contributed by atoms with van der Waals surface area (Å²) in [6.45, 7) is 1.76. The van der Waals surface area contributed by atoms with Crippen LogP contribution in [0.5, 0.6) is 0 Å². The highest BCUT2D eigenvalue weighted by Crippen LogP contribution is 2.38. The van der Waals surface area contributed by atoms with Gasteiger partial charge in [-0.3, -0.25) is 4.98 Å². The fraction of sp³-hybridized carbons (Fsp3) is 0.154. The third-order valence-electron chi connectivity index (χ3n) is 5.91. The molecule has 162 valence electrons. The molecule has 3 aromatic heterocycles. The van der Waals surface area contributed by atoms with Gasteiger partial charge in [0.1, 0.15) is 23.5 Å². The highest BCUT2D eigenvalue weighted by molar-refractivity contribution is 5.96. The van der Waals surface area contributed by atoms with E-state index in [-0.39, 0.29) is 6.10 Å². The Morgan fingerprint density at radius 3 is 2.94 bits per heavy atom. The van der Waals surface area contributed by atoms with Gasteiger partial charge in [-0.15, -0.1) is 0 Å². The number of H-pyrrole nitrogens is 1. The molecule has 5 aromatic rings. The molecule has 0 bridgehead atoms. The molecule has 0 saturated carbocycles. The van der Waals surface area contributed by atoms with Crippen LogP contribution in [0.3, 0.4) is 0 Å². The molecular formula is C26H20N4O3. The van der Waals surface area contributed by atoms with E-state index < -0.39 is 0 Å². The minimum absolute atomic E-state index is 0.0795. The smallest absolute Gasteiger partial charge is 0.139 e. The van der Waals surface area contributed by atoms with Crippen molar-refractivity contribution in [1.29, 1.82) is 5.26 Å². The van der Waals surface area contributed by atoms with Crippen molar-refractivity contribution in [3.05, 3.63) is 78.2 Å². The highest BCUT2D eigenvalue weighted by Gasteiger charge is 2.20. The molecule has 0 spiro atoms. The normalized spacial score (nSPS) is 16.2. The fourth-order valence-corrected chi connectivity index (χ4v) is 4.27. The van der Waals surface area contributed by atoms with Crippen LogP contribution in [0.2, 0.25) is 0 Å². The van der Waals surface area contributed by atoms with Gasteiger partial charge in [0, 0.05) is 40.6 Å². The predicted octanol–water partition coefficient (Wildman–Crippen LogP) is 5.68. The summed E-state index contributed by atoms with van der Waals surface area (Å²) in [5, 5.41) is 15.2. The van der Waals surface area contributed by atoms with Crippen molar-refractivity contribution in [1.82, 2.24) is 9.97 Å². The zero-order chi connectivity index (χ0) is 22.2. The van der Waals surface area contributed by atoms with Gasteiger partial charge in [-0.1, -0.05) is 12.1 Å². The number of nitrogens with zero attached hydrogens (tertiary/aromatic N) is 2. The quantitative estimate of drug-likeness (QED) is 0.376. The second-order valence-corrected chi connectivity index (χ2v) is 7.93. The molecule has 6 rings (SSSR count). The zero-order valence-corrected chi connectivity index (χ0v) is 17.7. The Morgan fingerprint density at radius 1 is 1.09 bits per heavy atom. The standard InChI is InChI=1S/C26H20N4O3/c27-12-18-13-28-14-20(26(18)30-22-3-1-2-21-19(22)6-7-29-21)24-11-17-10-16(4-5-23(17)33-24)25-15-31-8-9-32-25/h1-7,10-11,13-14,25,29H,8-9,15H2,(H,28,30). The molecule has 2 N–H and O–H groups in total. The number of nitrogens with one attached hydrogen (secondary N) is 2. The first-order valence-electron chi connectivity index (χ1n) is 10.7. The lowest BCUT2D eigenvalue weighted by Gasteiger charge is -2.23. The van der Waals surface area contributed by atoms with Crippen molar-refractivity contribution in [2.75, 3.05) is 25.1 Å². The molecule has 2 aromatic carbocycles. The average molecular weight is 436 g/mol. The maximum absolute atomic E-state index is 9.77. The molecule has 0 radical (unpaired) electrons. The Hall–Kier alpha value is -4.12. The van der Waals surface area contributed by atoms with Crippen LogP contribution < -0.4 is 5.32 Å². The molecule has 0 amide bonds. The van der Waals surface area contributed by atoms with E-state index in [0.29, 0.717) is 36.8 Å². The largest absolute Gasteiger partial charge is 0.456 e. The Bertz CT molecular complexity index is 1510. The summed E-state index contributed by atoms with van der Waals surface area (Å²) in [5.41, 5.74) is 5.53. The SMILES string of the molecule is N#Cc1cncc(-c2cc3cc(C4COCCO4)ccc3o2)c1Nc1cccc2[nH]ccc12. The van der Waals surface area contributed by atoms with Crippen LogP contribution in [-0.4, -0.2) is 29.8 Å². The summed E-state index contributed by atoms with van der Waals surface area (Å²) in [6, 6.07) is 18.2. The zero-order valence-electron chi connectivity index (χ0n) is 17.7.